The summed E-state index contributed by atoms with van der Waals surface area (Å²) < 4.78 is 6.92. The second-order valence-electron chi connectivity index (χ2n) is 5.74. The van der Waals surface area contributed by atoms with Gasteiger partial charge in [0.2, 0.25) is 0 Å². The number of thiocarbonyl (C=S) groups is 1. The van der Waals surface area contributed by atoms with E-state index in [-0.39, 0.29) is 18.4 Å². The molecule has 0 saturated carbocycles. The highest BCUT2D eigenvalue weighted by molar-refractivity contribution is 9.10. The van der Waals surface area contributed by atoms with Crippen molar-refractivity contribution in [3.8, 4) is 5.75 Å². The lowest BCUT2D eigenvalue weighted by Gasteiger charge is -2.11. The molecule has 0 aromatic heterocycles. The Hall–Kier alpha value is -2.16. The van der Waals surface area contributed by atoms with E-state index in [9.17, 15) is 9.59 Å². The van der Waals surface area contributed by atoms with Crippen molar-refractivity contribution in [1.29, 1.82) is 0 Å². The number of thioether (sulfide) groups is 1. The Morgan fingerprint density at radius 3 is 2.70 bits per heavy atom. The minimum Gasteiger partial charge on any atom is -0.483 e. The first-order valence-corrected chi connectivity index (χ1v) is 9.96. The van der Waals surface area contributed by atoms with Crippen molar-refractivity contribution < 1.29 is 14.3 Å². The number of aryl methyl sites for hydroxylation is 1. The molecule has 1 saturated heterocycles. The average molecular weight is 463 g/mol. The monoisotopic (exact) mass is 462 g/mol. The quantitative estimate of drug-likeness (QED) is 0.513. The number of hydrogen-bond donors (Lipinski definition) is 2. The van der Waals surface area contributed by atoms with E-state index in [4.69, 9.17) is 17.0 Å². The van der Waals surface area contributed by atoms with E-state index in [1.807, 2.05) is 43.3 Å². The standard InChI is InChI=1S/C19H15BrN2O3S2/c1-11-2-5-14(6-3-11)21-17(23)10-25-15-7-4-13(20)8-12(15)9-16-18(24)22-19(26)27-16/h2-9H,10H2,1H3,(H,21,23)(H,22,24,26)/b16-9-. The third-order valence-corrected chi connectivity index (χ3v) is 5.25. The summed E-state index contributed by atoms with van der Waals surface area (Å²) in [4.78, 5) is 24.5. The molecule has 5 nitrogen and oxygen atoms in total. The topological polar surface area (TPSA) is 67.4 Å². The lowest BCUT2D eigenvalue weighted by atomic mass is 10.2. The van der Waals surface area contributed by atoms with E-state index >= 15 is 0 Å². The number of carbonyl (C=O) groups is 2. The number of carbonyl (C=O) groups excluding carboxylic acids is 2. The molecule has 2 N–H and O–H groups in total. The summed E-state index contributed by atoms with van der Waals surface area (Å²) in [6.07, 6.45) is 1.69. The van der Waals surface area contributed by atoms with Crippen molar-refractivity contribution in [2.45, 2.75) is 6.92 Å². The van der Waals surface area contributed by atoms with E-state index < -0.39 is 0 Å². The van der Waals surface area contributed by atoms with Gasteiger partial charge in [0, 0.05) is 15.7 Å². The van der Waals surface area contributed by atoms with Gasteiger partial charge in [-0.25, -0.2) is 0 Å². The summed E-state index contributed by atoms with van der Waals surface area (Å²) in [5.41, 5.74) is 2.50. The van der Waals surface area contributed by atoms with Crippen LogP contribution in [0.25, 0.3) is 6.08 Å². The van der Waals surface area contributed by atoms with Crippen molar-refractivity contribution in [1.82, 2.24) is 5.32 Å². The number of anilines is 1. The Morgan fingerprint density at radius 1 is 1.30 bits per heavy atom. The molecule has 27 heavy (non-hydrogen) atoms. The second-order valence-corrected chi connectivity index (χ2v) is 8.37. The molecular formula is C19H15BrN2O3S2. The smallest absolute Gasteiger partial charge is 0.263 e. The van der Waals surface area contributed by atoms with Gasteiger partial charge in [0.05, 0.1) is 4.91 Å². The molecular weight excluding hydrogens is 448 g/mol. The number of halogens is 1. The van der Waals surface area contributed by atoms with Gasteiger partial charge in [0.1, 0.15) is 10.1 Å². The maximum Gasteiger partial charge on any atom is 0.263 e. The molecule has 1 fully saturated rings. The zero-order chi connectivity index (χ0) is 19.4. The number of benzene rings is 2. The molecule has 0 aliphatic carbocycles. The van der Waals surface area contributed by atoms with Gasteiger partial charge in [0.25, 0.3) is 11.8 Å². The number of hydrogen-bond acceptors (Lipinski definition) is 5. The molecule has 0 atom stereocenters. The zero-order valence-electron chi connectivity index (χ0n) is 14.2. The van der Waals surface area contributed by atoms with Crippen LogP contribution in [-0.2, 0) is 9.59 Å². The molecule has 8 heteroatoms. The number of ether oxygens (including phenoxy) is 1. The largest absolute Gasteiger partial charge is 0.483 e. The van der Waals surface area contributed by atoms with Crippen LogP contribution in [0.15, 0.2) is 51.8 Å². The van der Waals surface area contributed by atoms with Gasteiger partial charge in [-0.2, -0.15) is 0 Å². The summed E-state index contributed by atoms with van der Waals surface area (Å²) in [6, 6.07) is 12.9. The minimum atomic E-state index is -0.269. The third-order valence-electron chi connectivity index (χ3n) is 3.59. The van der Waals surface area contributed by atoms with Crippen LogP contribution in [-0.4, -0.2) is 22.7 Å². The van der Waals surface area contributed by atoms with E-state index in [2.05, 4.69) is 26.6 Å². The van der Waals surface area contributed by atoms with Crippen LogP contribution in [0, 0.1) is 6.92 Å². The van der Waals surface area contributed by atoms with Gasteiger partial charge in [-0.15, -0.1) is 0 Å². The van der Waals surface area contributed by atoms with Crippen LogP contribution < -0.4 is 15.4 Å². The second kappa shape index (κ2) is 8.69. The Morgan fingerprint density at radius 2 is 2.04 bits per heavy atom. The van der Waals surface area contributed by atoms with Crippen molar-refractivity contribution in [2.75, 3.05) is 11.9 Å². The number of rotatable bonds is 5. The fraction of sp³-hybridized carbons (Fsp3) is 0.105. The maximum atomic E-state index is 12.1. The van der Waals surface area contributed by atoms with E-state index in [0.29, 0.717) is 26.2 Å². The fourth-order valence-corrected chi connectivity index (χ4v) is 3.72. The Balaban J connectivity index is 1.70. The van der Waals surface area contributed by atoms with Crippen LogP contribution in [0.2, 0.25) is 0 Å². The normalized spacial score (nSPS) is 15.0. The Labute approximate surface area is 174 Å². The highest BCUT2D eigenvalue weighted by Gasteiger charge is 2.22. The van der Waals surface area contributed by atoms with Crippen molar-refractivity contribution in [3.63, 3.8) is 0 Å². The summed E-state index contributed by atoms with van der Waals surface area (Å²) >= 11 is 9.60. The van der Waals surface area contributed by atoms with Gasteiger partial charge in [-0.05, 0) is 43.3 Å². The lowest BCUT2D eigenvalue weighted by molar-refractivity contribution is -0.118. The molecule has 1 heterocycles. The molecule has 0 radical (unpaired) electrons. The first-order chi connectivity index (χ1) is 12.9. The van der Waals surface area contributed by atoms with Crippen LogP contribution in [0.4, 0.5) is 5.69 Å². The first-order valence-electron chi connectivity index (χ1n) is 7.94. The average Bonchev–Trinajstić information content (AvgIpc) is 2.93. The SMILES string of the molecule is Cc1ccc(NC(=O)COc2ccc(Br)cc2/C=C2\SC(=S)NC2=O)cc1. The van der Waals surface area contributed by atoms with E-state index in [1.54, 1.807) is 12.1 Å². The summed E-state index contributed by atoms with van der Waals surface area (Å²) in [5.74, 6) is -0.0152. The molecule has 1 aliphatic heterocycles. The first kappa shape index (κ1) is 19.6. The number of nitrogens with one attached hydrogen (secondary N) is 2. The predicted molar refractivity (Wildman–Crippen MR) is 116 cm³/mol. The van der Waals surface area contributed by atoms with Gasteiger partial charge in [0.15, 0.2) is 6.61 Å². The Bertz CT molecular complexity index is 942. The number of amides is 2. The van der Waals surface area contributed by atoms with Gasteiger partial charge in [-0.3, -0.25) is 9.59 Å². The predicted octanol–water partition coefficient (Wildman–Crippen LogP) is 4.26. The maximum absolute atomic E-state index is 12.1. The molecule has 0 spiro atoms. The van der Waals surface area contributed by atoms with Crippen LogP contribution in [0.5, 0.6) is 5.75 Å². The third kappa shape index (κ3) is 5.41. The van der Waals surface area contributed by atoms with Crippen molar-refractivity contribution in [3.05, 3.63) is 63.0 Å². The summed E-state index contributed by atoms with van der Waals surface area (Å²) in [7, 11) is 0. The lowest BCUT2D eigenvalue weighted by Crippen LogP contribution is -2.20. The van der Waals surface area contributed by atoms with Crippen LogP contribution >= 0.6 is 39.9 Å². The highest BCUT2D eigenvalue weighted by Crippen LogP contribution is 2.31. The molecule has 138 valence electrons. The molecule has 3 rings (SSSR count). The summed E-state index contributed by atoms with van der Waals surface area (Å²) in [5, 5.41) is 5.36. The highest BCUT2D eigenvalue weighted by atomic mass is 79.9. The molecule has 1 aliphatic rings. The van der Waals surface area contributed by atoms with Crippen molar-refractivity contribution >= 4 is 67.8 Å². The van der Waals surface area contributed by atoms with Gasteiger partial charge < -0.3 is 15.4 Å². The molecule has 2 aromatic rings. The molecule has 2 amide bonds. The Kier molecular flexibility index (Phi) is 6.30. The fourth-order valence-electron chi connectivity index (χ4n) is 2.30. The van der Waals surface area contributed by atoms with E-state index in [0.717, 1.165) is 10.0 Å². The van der Waals surface area contributed by atoms with Gasteiger partial charge in [-0.1, -0.05) is 57.6 Å². The van der Waals surface area contributed by atoms with Crippen molar-refractivity contribution in [2.24, 2.45) is 0 Å². The van der Waals surface area contributed by atoms with E-state index in [1.165, 1.54) is 11.8 Å². The molecule has 2 aromatic carbocycles. The summed E-state index contributed by atoms with van der Waals surface area (Å²) in [6.45, 7) is 1.83. The minimum absolute atomic E-state index is 0.149. The van der Waals surface area contributed by atoms with Gasteiger partial charge >= 0.3 is 0 Å². The zero-order valence-corrected chi connectivity index (χ0v) is 17.5. The molecule has 0 bridgehead atoms. The molecule has 0 unspecified atom stereocenters. The van der Waals surface area contributed by atoms with Crippen LogP contribution in [0.3, 0.4) is 0 Å². The van der Waals surface area contributed by atoms with Crippen LogP contribution in [0.1, 0.15) is 11.1 Å².